The van der Waals surface area contributed by atoms with Crippen LogP contribution in [0.2, 0.25) is 0 Å². The van der Waals surface area contributed by atoms with E-state index in [1.807, 2.05) is 0 Å². The molecule has 0 N–H and O–H groups in total. The van der Waals surface area contributed by atoms with Gasteiger partial charge in [0.05, 0.1) is 34.7 Å². The number of methoxy groups -OCH3 is 2. The third-order valence-corrected chi connectivity index (χ3v) is 6.88. The molecule has 2 heterocycles. The molecule has 2 bridgehead atoms. The molecule has 0 saturated carbocycles. The van der Waals surface area contributed by atoms with Crippen LogP contribution in [0.25, 0.3) is 0 Å². The second-order valence-corrected chi connectivity index (χ2v) is 9.19. The lowest BCUT2D eigenvalue weighted by Gasteiger charge is -2.37. The topological polar surface area (TPSA) is 121 Å². The van der Waals surface area contributed by atoms with Crippen molar-refractivity contribution in [1.29, 1.82) is 0 Å². The van der Waals surface area contributed by atoms with Gasteiger partial charge in [0.25, 0.3) is 11.6 Å². The van der Waals surface area contributed by atoms with Crippen LogP contribution >= 0.6 is 0 Å². The molecule has 1 saturated heterocycles. The van der Waals surface area contributed by atoms with Gasteiger partial charge in [-0.15, -0.1) is 0 Å². The van der Waals surface area contributed by atoms with Gasteiger partial charge in [-0.3, -0.25) is 19.7 Å². The molecule has 3 rings (SSSR count). The molecule has 2 aliphatic rings. The first-order valence-electron chi connectivity index (χ1n) is 11.8. The zero-order chi connectivity index (χ0) is 25.7. The van der Waals surface area contributed by atoms with Gasteiger partial charge in [-0.25, -0.2) is 0 Å². The van der Waals surface area contributed by atoms with Crippen molar-refractivity contribution in [3.05, 3.63) is 33.9 Å². The maximum Gasteiger partial charge on any atom is 0.270 e. The normalized spacial score (nSPS) is 28.9. The van der Waals surface area contributed by atoms with Crippen molar-refractivity contribution in [3.8, 4) is 5.75 Å². The van der Waals surface area contributed by atoms with Crippen LogP contribution in [-0.4, -0.2) is 99.0 Å². The molecule has 0 aliphatic carbocycles. The molecule has 0 spiro atoms. The number of non-ortho nitro benzene ring substituents is 1. The zero-order valence-electron chi connectivity index (χ0n) is 21.0. The summed E-state index contributed by atoms with van der Waals surface area (Å²) in [5.41, 5.74) is -0.165. The summed E-state index contributed by atoms with van der Waals surface area (Å²) in [6, 6.07) is 3.94. The minimum absolute atomic E-state index is 0.0565. The minimum atomic E-state index is -0.562. The fourth-order valence-electron chi connectivity index (χ4n) is 4.61. The number of nitro benzene ring substituents is 1. The van der Waals surface area contributed by atoms with E-state index in [1.54, 1.807) is 33.0 Å². The zero-order valence-corrected chi connectivity index (χ0v) is 21.0. The maximum atomic E-state index is 13.4. The summed E-state index contributed by atoms with van der Waals surface area (Å²) in [6.07, 6.45) is 1.01. The van der Waals surface area contributed by atoms with Crippen LogP contribution < -0.4 is 4.74 Å². The number of nitro groups is 1. The van der Waals surface area contributed by atoms with Crippen LogP contribution in [0, 0.1) is 16.0 Å². The molecule has 2 amide bonds. The van der Waals surface area contributed by atoms with E-state index in [0.29, 0.717) is 13.0 Å². The summed E-state index contributed by atoms with van der Waals surface area (Å²) in [6.45, 7) is 2.53. The Morgan fingerprint density at radius 1 is 1.06 bits per heavy atom. The van der Waals surface area contributed by atoms with E-state index in [1.165, 1.54) is 30.2 Å². The van der Waals surface area contributed by atoms with Gasteiger partial charge < -0.3 is 28.7 Å². The Labute approximate surface area is 205 Å². The molecule has 1 aromatic carbocycles. The van der Waals surface area contributed by atoms with Gasteiger partial charge in [-0.2, -0.15) is 0 Å². The lowest BCUT2D eigenvalue weighted by Crippen LogP contribution is -2.47. The van der Waals surface area contributed by atoms with Gasteiger partial charge in [-0.1, -0.05) is 6.92 Å². The molecule has 0 aromatic heterocycles. The fraction of sp³-hybridized carbons (Fsp3) is 0.667. The summed E-state index contributed by atoms with van der Waals surface area (Å²) in [5.74, 6) is -0.854. The standard InChI is InChI=1S/C24H35N3O8/c1-15-21(33-5)13-26(3)24(29)18-12-16(27(30)31)6-8-19(18)34-14-22-20(32-4)9-7-17(35-22)10-11-25(2)23(15)28/h6,8,12,15,17,20-22H,7,9-11,13-14H2,1-5H3/t15-,17-,20+,21+,22+/m1/s1. The quantitative estimate of drug-likeness (QED) is 0.464. The van der Waals surface area contributed by atoms with Crippen molar-refractivity contribution in [3.63, 3.8) is 0 Å². The van der Waals surface area contributed by atoms with E-state index in [-0.39, 0.29) is 54.4 Å². The van der Waals surface area contributed by atoms with Crippen molar-refractivity contribution in [2.24, 2.45) is 5.92 Å². The van der Waals surface area contributed by atoms with Crippen molar-refractivity contribution in [2.45, 2.75) is 50.6 Å². The number of benzene rings is 1. The first-order valence-corrected chi connectivity index (χ1v) is 11.8. The lowest BCUT2D eigenvalue weighted by atomic mass is 9.98. The summed E-state index contributed by atoms with van der Waals surface area (Å²) in [7, 11) is 6.43. The summed E-state index contributed by atoms with van der Waals surface area (Å²) < 4.78 is 23.4. The molecule has 194 valence electrons. The number of nitrogens with zero attached hydrogens (tertiary/aromatic N) is 3. The highest BCUT2D eigenvalue weighted by Crippen LogP contribution is 2.29. The second-order valence-electron chi connectivity index (χ2n) is 9.19. The van der Waals surface area contributed by atoms with Crippen LogP contribution in [-0.2, 0) is 19.0 Å². The van der Waals surface area contributed by atoms with Crippen molar-refractivity contribution in [1.82, 2.24) is 9.80 Å². The molecule has 0 unspecified atom stereocenters. The van der Waals surface area contributed by atoms with E-state index in [9.17, 15) is 19.7 Å². The Morgan fingerprint density at radius 3 is 2.43 bits per heavy atom. The molecule has 11 nitrogen and oxygen atoms in total. The van der Waals surface area contributed by atoms with Crippen molar-refractivity contribution >= 4 is 17.5 Å². The van der Waals surface area contributed by atoms with E-state index in [2.05, 4.69) is 0 Å². The third-order valence-electron chi connectivity index (χ3n) is 6.88. The monoisotopic (exact) mass is 493 g/mol. The largest absolute Gasteiger partial charge is 0.490 e. The highest BCUT2D eigenvalue weighted by Gasteiger charge is 2.34. The second kappa shape index (κ2) is 11.8. The van der Waals surface area contributed by atoms with Crippen LogP contribution in [0.5, 0.6) is 5.75 Å². The SMILES string of the molecule is CO[C@H]1CC[C@@H]2CCN(C)C(=O)[C@H](C)[C@@H](OC)CN(C)C(=O)c3cc([N+](=O)[O-])ccc3OC[C@@H]1O2. The predicted octanol–water partition coefficient (Wildman–Crippen LogP) is 2.12. The van der Waals surface area contributed by atoms with Crippen LogP contribution in [0.3, 0.4) is 0 Å². The summed E-state index contributed by atoms with van der Waals surface area (Å²) in [5, 5.41) is 11.4. The smallest absolute Gasteiger partial charge is 0.270 e. The van der Waals surface area contributed by atoms with Crippen molar-refractivity contribution in [2.75, 3.05) is 48.0 Å². The van der Waals surface area contributed by atoms with Gasteiger partial charge in [0.15, 0.2) is 0 Å². The van der Waals surface area contributed by atoms with Gasteiger partial charge in [0, 0.05) is 53.5 Å². The number of fused-ring (bicyclic) bond motifs is 3. The average Bonchev–Trinajstić information content (AvgIpc) is 2.86. The number of rotatable bonds is 3. The lowest BCUT2D eigenvalue weighted by molar-refractivity contribution is -0.384. The number of hydrogen-bond acceptors (Lipinski definition) is 8. The highest BCUT2D eigenvalue weighted by atomic mass is 16.6. The Morgan fingerprint density at radius 2 is 1.77 bits per heavy atom. The van der Waals surface area contributed by atoms with E-state index >= 15 is 0 Å². The Hall–Kier alpha value is -2.76. The van der Waals surface area contributed by atoms with Gasteiger partial charge in [0.1, 0.15) is 18.5 Å². The molecule has 1 aromatic rings. The first-order chi connectivity index (χ1) is 16.7. The van der Waals surface area contributed by atoms with Crippen LogP contribution in [0.15, 0.2) is 18.2 Å². The van der Waals surface area contributed by atoms with E-state index in [0.717, 1.165) is 12.8 Å². The molecule has 2 aliphatic heterocycles. The highest BCUT2D eigenvalue weighted by molar-refractivity contribution is 5.97. The van der Waals surface area contributed by atoms with Gasteiger partial charge in [0.2, 0.25) is 5.91 Å². The number of carbonyl (C=O) groups is 2. The Kier molecular flexibility index (Phi) is 9.03. The van der Waals surface area contributed by atoms with E-state index < -0.39 is 22.9 Å². The number of hydrogen-bond donors (Lipinski definition) is 0. The number of carbonyl (C=O) groups excluding carboxylic acids is 2. The Bertz CT molecular complexity index is 926. The molecular formula is C24H35N3O8. The molecule has 5 atom stereocenters. The van der Waals surface area contributed by atoms with Crippen LogP contribution in [0.4, 0.5) is 5.69 Å². The molecule has 1 fully saturated rings. The molecule has 11 heteroatoms. The third kappa shape index (κ3) is 6.28. The average molecular weight is 494 g/mol. The summed E-state index contributed by atoms with van der Waals surface area (Å²) in [4.78, 5) is 40.3. The van der Waals surface area contributed by atoms with Crippen molar-refractivity contribution < 1.29 is 33.5 Å². The molecular weight excluding hydrogens is 458 g/mol. The number of likely N-dealkylation sites (N-methyl/N-ethyl adjacent to an activating group) is 1. The van der Waals surface area contributed by atoms with Crippen LogP contribution in [0.1, 0.15) is 36.5 Å². The maximum absolute atomic E-state index is 13.4. The number of ether oxygens (including phenoxy) is 4. The summed E-state index contributed by atoms with van der Waals surface area (Å²) >= 11 is 0. The van der Waals surface area contributed by atoms with E-state index in [4.69, 9.17) is 18.9 Å². The number of amides is 2. The Balaban J connectivity index is 1.98. The first kappa shape index (κ1) is 26.8. The minimum Gasteiger partial charge on any atom is -0.490 e. The predicted molar refractivity (Wildman–Crippen MR) is 126 cm³/mol. The fourth-order valence-corrected chi connectivity index (χ4v) is 4.61. The van der Waals surface area contributed by atoms with Gasteiger partial charge in [-0.05, 0) is 25.3 Å². The molecule has 0 radical (unpaired) electrons. The van der Waals surface area contributed by atoms with Gasteiger partial charge >= 0.3 is 0 Å². The molecule has 35 heavy (non-hydrogen) atoms.